The van der Waals surface area contributed by atoms with Crippen LogP contribution in [-0.2, 0) is 9.53 Å². The number of esters is 1. The quantitative estimate of drug-likeness (QED) is 0.598. The fraction of sp³-hybridized carbons (Fsp3) is 0. The van der Waals surface area contributed by atoms with Crippen LogP contribution < -0.4 is 0 Å². The maximum atomic E-state index is 11.6. The van der Waals surface area contributed by atoms with Crippen LogP contribution in [0.4, 0.5) is 0 Å². The van der Waals surface area contributed by atoms with Gasteiger partial charge in [-0.25, -0.2) is 9.79 Å². The smallest absolute Gasteiger partial charge is 0.363 e. The van der Waals surface area contributed by atoms with Gasteiger partial charge in [0.1, 0.15) is 0 Å². The molecule has 0 saturated heterocycles. The first kappa shape index (κ1) is 10.5. The Labute approximate surface area is 103 Å². The van der Waals surface area contributed by atoms with E-state index < -0.39 is 5.97 Å². The summed E-state index contributed by atoms with van der Waals surface area (Å²) >= 11 is 0. The molecule has 1 aromatic heterocycles. The Morgan fingerprint density at radius 3 is 2.67 bits per heavy atom. The number of aliphatic imine (C=N–C) groups is 1. The molecular weight excluding hydrogens is 230 g/mol. The molecule has 0 N–H and O–H groups in total. The number of nitrogens with zero attached hydrogens (tertiary/aromatic N) is 1. The molecule has 0 spiro atoms. The van der Waals surface area contributed by atoms with Crippen LogP contribution in [0.1, 0.15) is 11.1 Å². The minimum atomic E-state index is -0.449. The average Bonchev–Trinajstić information content (AvgIpc) is 3.02. The van der Waals surface area contributed by atoms with Gasteiger partial charge in [-0.3, -0.25) is 0 Å². The number of carbonyl (C=O) groups is 1. The van der Waals surface area contributed by atoms with E-state index in [1.54, 1.807) is 12.1 Å². The molecule has 1 aliphatic rings. The van der Waals surface area contributed by atoms with Gasteiger partial charge in [0.15, 0.2) is 5.70 Å². The van der Waals surface area contributed by atoms with Gasteiger partial charge in [-0.2, -0.15) is 0 Å². The van der Waals surface area contributed by atoms with Crippen LogP contribution >= 0.6 is 0 Å². The van der Waals surface area contributed by atoms with Crippen LogP contribution in [-0.4, -0.2) is 11.9 Å². The van der Waals surface area contributed by atoms with Crippen molar-refractivity contribution >= 4 is 17.9 Å². The predicted octanol–water partition coefficient (Wildman–Crippen LogP) is 2.62. The molecule has 4 heteroatoms. The van der Waals surface area contributed by atoms with Crippen LogP contribution in [0.2, 0.25) is 0 Å². The van der Waals surface area contributed by atoms with Crippen molar-refractivity contribution in [3.63, 3.8) is 0 Å². The molecule has 0 amide bonds. The minimum Gasteiger partial charge on any atom is -0.472 e. The second-order valence-corrected chi connectivity index (χ2v) is 3.76. The summed E-state index contributed by atoms with van der Waals surface area (Å²) in [4.78, 5) is 15.8. The monoisotopic (exact) mass is 239 g/mol. The Morgan fingerprint density at radius 1 is 1.11 bits per heavy atom. The molecule has 4 nitrogen and oxygen atoms in total. The fourth-order valence-electron chi connectivity index (χ4n) is 1.63. The molecule has 2 aromatic rings. The number of ether oxygens (including phenoxy) is 1. The topological polar surface area (TPSA) is 51.8 Å². The van der Waals surface area contributed by atoms with E-state index in [1.165, 1.54) is 12.5 Å². The number of benzene rings is 1. The highest BCUT2D eigenvalue weighted by Crippen LogP contribution is 2.18. The predicted molar refractivity (Wildman–Crippen MR) is 65.8 cm³/mol. The molecule has 0 radical (unpaired) electrons. The summed E-state index contributed by atoms with van der Waals surface area (Å²) in [6.07, 6.45) is 4.70. The lowest BCUT2D eigenvalue weighted by Gasteiger charge is -1.97. The summed E-state index contributed by atoms with van der Waals surface area (Å²) in [6.45, 7) is 0. The van der Waals surface area contributed by atoms with Crippen molar-refractivity contribution in [3.05, 3.63) is 65.7 Å². The number of cyclic esters (lactones) is 1. The molecule has 0 aliphatic carbocycles. The van der Waals surface area contributed by atoms with Crippen LogP contribution in [0.5, 0.6) is 0 Å². The molecule has 1 aliphatic heterocycles. The lowest BCUT2D eigenvalue weighted by Crippen LogP contribution is -2.04. The first-order valence-corrected chi connectivity index (χ1v) is 5.43. The number of furan rings is 1. The van der Waals surface area contributed by atoms with Gasteiger partial charge in [0.2, 0.25) is 5.90 Å². The molecule has 0 bridgehead atoms. The number of hydrogen-bond donors (Lipinski definition) is 0. The Hall–Kier alpha value is -2.62. The van der Waals surface area contributed by atoms with Crippen LogP contribution in [0.15, 0.2) is 64.0 Å². The van der Waals surface area contributed by atoms with E-state index in [2.05, 4.69) is 4.99 Å². The minimum absolute atomic E-state index is 0.273. The first-order chi connectivity index (χ1) is 8.83. The van der Waals surface area contributed by atoms with Crippen molar-refractivity contribution in [3.8, 4) is 0 Å². The molecule has 0 atom stereocenters. The van der Waals surface area contributed by atoms with Crippen molar-refractivity contribution in [2.24, 2.45) is 4.99 Å². The Balaban J connectivity index is 1.95. The maximum absolute atomic E-state index is 11.6. The highest BCUT2D eigenvalue weighted by Gasteiger charge is 2.23. The fourth-order valence-corrected chi connectivity index (χ4v) is 1.63. The third kappa shape index (κ3) is 1.96. The largest absolute Gasteiger partial charge is 0.472 e. The molecule has 2 heterocycles. The van der Waals surface area contributed by atoms with Gasteiger partial charge in [0, 0.05) is 11.1 Å². The normalized spacial score (nSPS) is 16.8. The van der Waals surface area contributed by atoms with E-state index in [4.69, 9.17) is 9.15 Å². The third-order valence-electron chi connectivity index (χ3n) is 2.49. The van der Waals surface area contributed by atoms with Crippen LogP contribution in [0.25, 0.3) is 6.08 Å². The molecule has 0 fully saturated rings. The van der Waals surface area contributed by atoms with Crippen LogP contribution in [0.3, 0.4) is 0 Å². The van der Waals surface area contributed by atoms with Gasteiger partial charge in [-0.05, 0) is 24.3 Å². The maximum Gasteiger partial charge on any atom is 0.363 e. The molecule has 88 valence electrons. The van der Waals surface area contributed by atoms with Crippen molar-refractivity contribution in [1.82, 2.24) is 0 Å². The Bertz CT molecular complexity index is 624. The van der Waals surface area contributed by atoms with Crippen molar-refractivity contribution in [2.75, 3.05) is 0 Å². The Kier molecular flexibility index (Phi) is 2.53. The van der Waals surface area contributed by atoms with Crippen molar-refractivity contribution < 1.29 is 13.9 Å². The molecule has 3 rings (SSSR count). The zero-order valence-corrected chi connectivity index (χ0v) is 9.37. The lowest BCUT2D eigenvalue weighted by atomic mass is 10.2. The zero-order valence-electron chi connectivity index (χ0n) is 9.37. The van der Waals surface area contributed by atoms with E-state index in [-0.39, 0.29) is 5.70 Å². The molecular formula is C14H9NO3. The zero-order chi connectivity index (χ0) is 12.4. The molecule has 18 heavy (non-hydrogen) atoms. The van der Waals surface area contributed by atoms with E-state index >= 15 is 0 Å². The van der Waals surface area contributed by atoms with Gasteiger partial charge in [0.05, 0.1) is 12.5 Å². The van der Waals surface area contributed by atoms with E-state index in [0.717, 1.165) is 11.1 Å². The van der Waals surface area contributed by atoms with Gasteiger partial charge < -0.3 is 9.15 Å². The Morgan fingerprint density at radius 2 is 1.94 bits per heavy atom. The van der Waals surface area contributed by atoms with Gasteiger partial charge >= 0.3 is 5.97 Å². The summed E-state index contributed by atoms with van der Waals surface area (Å²) in [5.74, 6) is -0.120. The van der Waals surface area contributed by atoms with Gasteiger partial charge in [-0.15, -0.1) is 0 Å². The van der Waals surface area contributed by atoms with Crippen LogP contribution in [0, 0.1) is 0 Å². The highest BCUT2D eigenvalue weighted by atomic mass is 16.6. The van der Waals surface area contributed by atoms with Gasteiger partial charge in [0.25, 0.3) is 0 Å². The number of rotatable bonds is 2. The molecule has 1 aromatic carbocycles. The lowest BCUT2D eigenvalue weighted by molar-refractivity contribution is -0.129. The SMILES string of the molecule is O=C1OC(c2ccccc2)=N/C1=C/c1ccoc1. The van der Waals surface area contributed by atoms with Crippen molar-refractivity contribution in [1.29, 1.82) is 0 Å². The van der Waals surface area contributed by atoms with Crippen molar-refractivity contribution in [2.45, 2.75) is 0 Å². The summed E-state index contributed by atoms with van der Waals surface area (Å²) in [5, 5.41) is 0. The average molecular weight is 239 g/mol. The molecule has 0 unspecified atom stereocenters. The first-order valence-electron chi connectivity index (χ1n) is 5.43. The number of carbonyl (C=O) groups excluding carboxylic acids is 1. The van der Waals surface area contributed by atoms with Gasteiger partial charge in [-0.1, -0.05) is 18.2 Å². The number of hydrogen-bond acceptors (Lipinski definition) is 4. The van der Waals surface area contributed by atoms with E-state index in [1.807, 2.05) is 30.3 Å². The standard InChI is InChI=1S/C14H9NO3/c16-14-12(8-10-6-7-17-9-10)15-13(18-14)11-4-2-1-3-5-11/h1-9H/b12-8+. The van der Waals surface area contributed by atoms with E-state index in [9.17, 15) is 4.79 Å². The van der Waals surface area contributed by atoms with E-state index in [0.29, 0.717) is 5.90 Å². The summed E-state index contributed by atoms with van der Waals surface area (Å²) in [7, 11) is 0. The second kappa shape index (κ2) is 4.33. The molecule has 0 saturated carbocycles. The highest BCUT2D eigenvalue weighted by molar-refractivity contribution is 6.12. The summed E-state index contributed by atoms with van der Waals surface area (Å²) < 4.78 is 10.0. The summed E-state index contributed by atoms with van der Waals surface area (Å²) in [6, 6.07) is 11.0. The summed E-state index contributed by atoms with van der Waals surface area (Å²) in [5.41, 5.74) is 1.83. The third-order valence-corrected chi connectivity index (χ3v) is 2.49. The second-order valence-electron chi connectivity index (χ2n) is 3.76.